The maximum Gasteiger partial charge on any atom is 0.0407 e. The number of nitrogens with two attached hydrogens (primary N) is 1. The number of pyridine rings is 1. The van der Waals surface area contributed by atoms with Gasteiger partial charge in [0, 0.05) is 17.9 Å². The lowest BCUT2D eigenvalue weighted by atomic mass is 9.75. The van der Waals surface area contributed by atoms with E-state index < -0.39 is 0 Å². The minimum atomic E-state index is 0.376. The third kappa shape index (κ3) is 4.04. The van der Waals surface area contributed by atoms with Crippen LogP contribution in [0.15, 0.2) is 18.3 Å². The number of aromatic nitrogens is 1. The summed E-state index contributed by atoms with van der Waals surface area (Å²) >= 11 is 0. The van der Waals surface area contributed by atoms with Crippen molar-refractivity contribution in [2.24, 2.45) is 17.6 Å². The molecule has 0 bridgehead atoms. The van der Waals surface area contributed by atoms with Crippen LogP contribution in [0.2, 0.25) is 0 Å². The summed E-state index contributed by atoms with van der Waals surface area (Å²) in [5.74, 6) is 1.52. The van der Waals surface area contributed by atoms with Crippen LogP contribution in [0.25, 0.3) is 0 Å². The molecule has 0 saturated heterocycles. The fourth-order valence-electron chi connectivity index (χ4n) is 3.34. The van der Waals surface area contributed by atoms with Crippen molar-refractivity contribution >= 4 is 0 Å². The van der Waals surface area contributed by atoms with Crippen LogP contribution in [0.1, 0.15) is 57.2 Å². The molecule has 1 aliphatic carbocycles. The van der Waals surface area contributed by atoms with Crippen molar-refractivity contribution in [1.29, 1.82) is 0 Å². The average molecular weight is 260 g/mol. The van der Waals surface area contributed by atoms with Gasteiger partial charge in [-0.2, -0.15) is 0 Å². The summed E-state index contributed by atoms with van der Waals surface area (Å²) in [4.78, 5) is 4.59. The van der Waals surface area contributed by atoms with Crippen LogP contribution in [0, 0.1) is 11.8 Å². The molecule has 1 aromatic heterocycles. The zero-order valence-electron chi connectivity index (χ0n) is 12.4. The fraction of sp³-hybridized carbons (Fsp3) is 0.706. The number of aryl methyl sites for hydroxylation is 1. The minimum Gasteiger partial charge on any atom is -0.327 e. The lowest BCUT2D eigenvalue weighted by molar-refractivity contribution is 0.220. The van der Waals surface area contributed by atoms with Gasteiger partial charge in [-0.25, -0.2) is 0 Å². The largest absolute Gasteiger partial charge is 0.327 e. The van der Waals surface area contributed by atoms with E-state index in [1.54, 1.807) is 0 Å². The highest BCUT2D eigenvalue weighted by Crippen LogP contribution is 2.33. The van der Waals surface area contributed by atoms with Crippen molar-refractivity contribution in [3.8, 4) is 0 Å². The van der Waals surface area contributed by atoms with E-state index in [-0.39, 0.29) is 0 Å². The molecule has 0 aliphatic heterocycles. The molecule has 0 spiro atoms. The Labute approximate surface area is 117 Å². The Hall–Kier alpha value is -0.890. The Bertz CT molecular complexity index is 371. The molecule has 1 saturated carbocycles. The summed E-state index contributed by atoms with van der Waals surface area (Å²) in [6.45, 7) is 4.46. The molecular formula is C17H28N2. The smallest absolute Gasteiger partial charge is 0.0407 e. The van der Waals surface area contributed by atoms with Crippen LogP contribution >= 0.6 is 0 Å². The van der Waals surface area contributed by atoms with Gasteiger partial charge < -0.3 is 5.73 Å². The van der Waals surface area contributed by atoms with E-state index in [2.05, 4.69) is 31.0 Å². The van der Waals surface area contributed by atoms with Crippen LogP contribution in [0.4, 0.5) is 0 Å². The Kier molecular flexibility index (Phi) is 5.38. The van der Waals surface area contributed by atoms with Crippen LogP contribution in [0.3, 0.4) is 0 Å². The molecule has 1 heterocycles. The molecule has 0 amide bonds. The summed E-state index contributed by atoms with van der Waals surface area (Å²) in [6, 6.07) is 4.77. The SMILES string of the molecule is CCCC1CCC(N)C(Cc2ccc(CC)cn2)C1. The predicted octanol–water partition coefficient (Wildman–Crippen LogP) is 3.73. The van der Waals surface area contributed by atoms with Crippen LogP contribution in [0.5, 0.6) is 0 Å². The van der Waals surface area contributed by atoms with Gasteiger partial charge in [0.2, 0.25) is 0 Å². The summed E-state index contributed by atoms with van der Waals surface area (Å²) in [5.41, 5.74) is 8.85. The third-order valence-electron chi connectivity index (χ3n) is 4.61. The molecule has 3 unspecified atom stereocenters. The molecule has 1 aromatic rings. The third-order valence-corrected chi connectivity index (χ3v) is 4.61. The van der Waals surface area contributed by atoms with Crippen LogP contribution < -0.4 is 5.73 Å². The van der Waals surface area contributed by atoms with Crippen molar-refractivity contribution < 1.29 is 0 Å². The Balaban J connectivity index is 1.95. The van der Waals surface area contributed by atoms with Gasteiger partial charge >= 0.3 is 0 Å². The van der Waals surface area contributed by atoms with E-state index in [0.717, 1.165) is 18.8 Å². The molecule has 2 rings (SSSR count). The molecular weight excluding hydrogens is 232 g/mol. The highest BCUT2D eigenvalue weighted by molar-refractivity contribution is 5.14. The number of hydrogen-bond acceptors (Lipinski definition) is 2. The second-order valence-electron chi connectivity index (χ2n) is 6.11. The number of rotatable bonds is 5. The van der Waals surface area contributed by atoms with Crippen molar-refractivity contribution in [2.45, 2.75) is 64.8 Å². The summed E-state index contributed by atoms with van der Waals surface area (Å²) in [5, 5.41) is 0. The first-order valence-corrected chi connectivity index (χ1v) is 7.92. The second kappa shape index (κ2) is 7.04. The van der Waals surface area contributed by atoms with E-state index in [1.807, 2.05) is 6.20 Å². The standard InChI is InChI=1S/C17H28N2/c1-3-5-14-7-9-17(18)15(10-14)11-16-8-6-13(4-2)12-19-16/h6,8,12,14-15,17H,3-5,7,9-11,18H2,1-2H3. The van der Waals surface area contributed by atoms with E-state index in [4.69, 9.17) is 5.73 Å². The molecule has 0 radical (unpaired) electrons. The van der Waals surface area contributed by atoms with Crippen molar-refractivity contribution in [3.63, 3.8) is 0 Å². The number of hydrogen-bond donors (Lipinski definition) is 1. The quantitative estimate of drug-likeness (QED) is 0.876. The molecule has 1 aliphatic rings. The molecule has 2 N–H and O–H groups in total. The molecule has 2 heteroatoms. The number of nitrogens with zero attached hydrogens (tertiary/aromatic N) is 1. The Morgan fingerprint density at radius 2 is 2.11 bits per heavy atom. The highest BCUT2D eigenvalue weighted by Gasteiger charge is 2.27. The Morgan fingerprint density at radius 1 is 1.26 bits per heavy atom. The first-order chi connectivity index (χ1) is 9.22. The van der Waals surface area contributed by atoms with Gasteiger partial charge in [0.25, 0.3) is 0 Å². The highest BCUT2D eigenvalue weighted by atomic mass is 14.7. The fourth-order valence-corrected chi connectivity index (χ4v) is 3.34. The van der Waals surface area contributed by atoms with Gasteiger partial charge in [0.05, 0.1) is 0 Å². The summed E-state index contributed by atoms with van der Waals surface area (Å²) in [6.07, 6.45) is 10.6. The van der Waals surface area contributed by atoms with Gasteiger partial charge in [0.1, 0.15) is 0 Å². The topological polar surface area (TPSA) is 38.9 Å². The van der Waals surface area contributed by atoms with Gasteiger partial charge in [-0.3, -0.25) is 4.98 Å². The first-order valence-electron chi connectivity index (χ1n) is 7.92. The Morgan fingerprint density at radius 3 is 2.74 bits per heavy atom. The molecule has 1 fully saturated rings. The molecule has 0 aromatic carbocycles. The van der Waals surface area contributed by atoms with Crippen LogP contribution in [-0.2, 0) is 12.8 Å². The average Bonchev–Trinajstić information content (AvgIpc) is 2.44. The van der Waals surface area contributed by atoms with E-state index in [9.17, 15) is 0 Å². The predicted molar refractivity (Wildman–Crippen MR) is 81.0 cm³/mol. The van der Waals surface area contributed by atoms with Gasteiger partial charge in [0.15, 0.2) is 0 Å². The normalized spacial score (nSPS) is 27.4. The summed E-state index contributed by atoms with van der Waals surface area (Å²) in [7, 11) is 0. The maximum absolute atomic E-state index is 6.31. The zero-order valence-corrected chi connectivity index (χ0v) is 12.4. The first kappa shape index (κ1) is 14.5. The van der Waals surface area contributed by atoms with Gasteiger partial charge in [-0.15, -0.1) is 0 Å². The zero-order chi connectivity index (χ0) is 13.7. The lowest BCUT2D eigenvalue weighted by Gasteiger charge is -2.34. The van der Waals surface area contributed by atoms with Crippen LogP contribution in [-0.4, -0.2) is 11.0 Å². The van der Waals surface area contributed by atoms with E-state index >= 15 is 0 Å². The van der Waals surface area contributed by atoms with Gasteiger partial charge in [-0.05, 0) is 55.6 Å². The van der Waals surface area contributed by atoms with E-state index in [1.165, 1.54) is 43.4 Å². The van der Waals surface area contributed by atoms with Gasteiger partial charge in [-0.1, -0.05) is 32.8 Å². The molecule has 3 atom stereocenters. The maximum atomic E-state index is 6.31. The minimum absolute atomic E-state index is 0.376. The van der Waals surface area contributed by atoms with Crippen molar-refractivity contribution in [2.75, 3.05) is 0 Å². The second-order valence-corrected chi connectivity index (χ2v) is 6.11. The monoisotopic (exact) mass is 260 g/mol. The van der Waals surface area contributed by atoms with Crippen molar-refractivity contribution in [3.05, 3.63) is 29.6 Å². The molecule has 106 valence electrons. The molecule has 19 heavy (non-hydrogen) atoms. The van der Waals surface area contributed by atoms with E-state index in [0.29, 0.717) is 12.0 Å². The molecule has 2 nitrogen and oxygen atoms in total. The van der Waals surface area contributed by atoms with Crippen molar-refractivity contribution in [1.82, 2.24) is 4.98 Å². The lowest BCUT2D eigenvalue weighted by Crippen LogP contribution is -2.37. The summed E-state index contributed by atoms with van der Waals surface area (Å²) < 4.78 is 0.